The quantitative estimate of drug-likeness (QED) is 0.724. The number of carboxylic acids is 1. The van der Waals surface area contributed by atoms with Gasteiger partial charge in [-0.1, -0.05) is 42.1 Å². The number of thiophene rings is 1. The van der Waals surface area contributed by atoms with E-state index in [1.54, 1.807) is 21.9 Å². The molecule has 6 nitrogen and oxygen atoms in total. The Kier molecular flexibility index (Phi) is 6.23. The molecule has 0 spiro atoms. The fourth-order valence-corrected chi connectivity index (χ4v) is 6.16. The van der Waals surface area contributed by atoms with Crippen molar-refractivity contribution in [2.24, 2.45) is 11.8 Å². The van der Waals surface area contributed by atoms with Crippen LogP contribution in [0.4, 0.5) is 0 Å². The number of hydrogen-bond donors (Lipinski definition) is 1. The first-order chi connectivity index (χ1) is 14.4. The van der Waals surface area contributed by atoms with E-state index in [2.05, 4.69) is 0 Å². The molecule has 0 unspecified atom stereocenters. The van der Waals surface area contributed by atoms with E-state index in [0.29, 0.717) is 53.9 Å². The highest BCUT2D eigenvalue weighted by Crippen LogP contribution is 2.37. The van der Waals surface area contributed by atoms with Crippen LogP contribution >= 0.6 is 34.5 Å². The van der Waals surface area contributed by atoms with Crippen LogP contribution in [0.2, 0.25) is 10.0 Å². The largest absolute Gasteiger partial charge is 0.481 e. The highest BCUT2D eigenvalue weighted by molar-refractivity contribution is 7.21. The van der Waals surface area contributed by atoms with Crippen molar-refractivity contribution in [2.75, 3.05) is 26.2 Å². The molecule has 1 saturated carbocycles. The van der Waals surface area contributed by atoms with Gasteiger partial charge in [0, 0.05) is 41.3 Å². The molecule has 30 heavy (non-hydrogen) atoms. The third-order valence-corrected chi connectivity index (χ3v) is 7.94. The van der Waals surface area contributed by atoms with E-state index in [4.69, 9.17) is 23.2 Å². The zero-order valence-electron chi connectivity index (χ0n) is 16.3. The van der Waals surface area contributed by atoms with Gasteiger partial charge in [-0.3, -0.25) is 14.4 Å². The minimum Gasteiger partial charge on any atom is -0.481 e. The molecule has 1 aliphatic carbocycles. The van der Waals surface area contributed by atoms with Crippen LogP contribution in [0.5, 0.6) is 0 Å². The summed E-state index contributed by atoms with van der Waals surface area (Å²) >= 11 is 13.8. The Balaban J connectivity index is 1.43. The number of nitrogens with zero attached hydrogens (tertiary/aromatic N) is 2. The normalized spacial score (nSPS) is 22.3. The third-order valence-electron chi connectivity index (χ3n) is 6.06. The first-order valence-electron chi connectivity index (χ1n) is 10.0. The number of fused-ring (bicyclic) bond motifs is 1. The average Bonchev–Trinajstić information content (AvgIpc) is 3.08. The van der Waals surface area contributed by atoms with Crippen molar-refractivity contribution in [3.8, 4) is 0 Å². The zero-order chi connectivity index (χ0) is 21.4. The van der Waals surface area contributed by atoms with Crippen LogP contribution in [-0.4, -0.2) is 58.9 Å². The average molecular weight is 469 g/mol. The Morgan fingerprint density at radius 3 is 2.27 bits per heavy atom. The highest BCUT2D eigenvalue weighted by Gasteiger charge is 2.39. The summed E-state index contributed by atoms with van der Waals surface area (Å²) < 4.78 is 0.863. The Morgan fingerprint density at radius 1 is 0.967 bits per heavy atom. The lowest BCUT2D eigenvalue weighted by Gasteiger charge is -2.38. The SMILES string of the molecule is O=C(O)[C@@H]1CCCC[C@@H]1C(=O)N1CCN(C(=O)c2sc3cc(Cl)ccc3c2Cl)CC1. The van der Waals surface area contributed by atoms with Crippen molar-refractivity contribution in [3.05, 3.63) is 33.1 Å². The van der Waals surface area contributed by atoms with Crippen molar-refractivity contribution < 1.29 is 19.5 Å². The molecule has 1 aliphatic heterocycles. The maximum absolute atomic E-state index is 13.0. The van der Waals surface area contributed by atoms with Gasteiger partial charge in [-0.05, 0) is 25.0 Å². The second-order valence-corrected chi connectivity index (χ2v) is 9.71. The number of aliphatic carboxylic acids is 1. The van der Waals surface area contributed by atoms with E-state index >= 15 is 0 Å². The fraction of sp³-hybridized carbons (Fsp3) is 0.476. The van der Waals surface area contributed by atoms with Crippen LogP contribution in [0.25, 0.3) is 10.1 Å². The van der Waals surface area contributed by atoms with E-state index in [9.17, 15) is 19.5 Å². The number of carbonyl (C=O) groups excluding carboxylic acids is 2. The van der Waals surface area contributed by atoms with Crippen LogP contribution in [0.3, 0.4) is 0 Å². The maximum atomic E-state index is 13.0. The first-order valence-corrected chi connectivity index (χ1v) is 11.6. The highest BCUT2D eigenvalue weighted by atomic mass is 35.5. The molecular weight excluding hydrogens is 447 g/mol. The molecule has 1 aromatic carbocycles. The number of benzene rings is 1. The molecule has 0 radical (unpaired) electrons. The van der Waals surface area contributed by atoms with Gasteiger partial charge in [-0.15, -0.1) is 11.3 Å². The summed E-state index contributed by atoms with van der Waals surface area (Å²) in [5.41, 5.74) is 0. The molecule has 1 aromatic heterocycles. The molecule has 1 N–H and O–H groups in total. The van der Waals surface area contributed by atoms with Crippen molar-refractivity contribution in [2.45, 2.75) is 25.7 Å². The lowest BCUT2D eigenvalue weighted by atomic mass is 9.78. The standard InChI is InChI=1S/C21H22Cl2N2O4S/c22-12-5-6-15-16(11-12)30-18(17(15)23)20(27)25-9-7-24(8-10-25)19(26)13-3-1-2-4-14(13)21(28)29/h5-6,11,13-14H,1-4,7-10H2,(H,28,29)/t13-,14+/m0/s1. The van der Waals surface area contributed by atoms with Crippen LogP contribution in [0, 0.1) is 11.8 Å². The predicted octanol–water partition coefficient (Wildman–Crippen LogP) is 4.38. The van der Waals surface area contributed by atoms with Gasteiger partial charge in [-0.2, -0.15) is 0 Å². The van der Waals surface area contributed by atoms with Crippen LogP contribution < -0.4 is 0 Å². The number of amides is 2. The summed E-state index contributed by atoms with van der Waals surface area (Å²) in [6.07, 6.45) is 2.91. The van der Waals surface area contributed by atoms with Gasteiger partial charge in [0.15, 0.2) is 0 Å². The van der Waals surface area contributed by atoms with Crippen molar-refractivity contribution in [1.82, 2.24) is 9.80 Å². The summed E-state index contributed by atoms with van der Waals surface area (Å²) in [7, 11) is 0. The minimum atomic E-state index is -0.888. The molecule has 0 bridgehead atoms. The number of halogens is 2. The van der Waals surface area contributed by atoms with Crippen LogP contribution in [0.15, 0.2) is 18.2 Å². The molecule has 2 heterocycles. The van der Waals surface area contributed by atoms with Gasteiger partial charge in [0.25, 0.3) is 5.91 Å². The van der Waals surface area contributed by atoms with Gasteiger partial charge in [-0.25, -0.2) is 0 Å². The number of carbonyl (C=O) groups is 3. The van der Waals surface area contributed by atoms with Gasteiger partial charge in [0.2, 0.25) is 5.91 Å². The Hall–Kier alpha value is -1.83. The fourth-order valence-electron chi connectivity index (χ4n) is 4.41. The van der Waals surface area contributed by atoms with Gasteiger partial charge in [0.1, 0.15) is 4.88 Å². The smallest absolute Gasteiger partial charge is 0.307 e. The Bertz CT molecular complexity index is 1000. The lowest BCUT2D eigenvalue weighted by molar-refractivity contribution is -0.152. The van der Waals surface area contributed by atoms with Crippen LogP contribution in [0.1, 0.15) is 35.4 Å². The molecule has 1 saturated heterocycles. The van der Waals surface area contributed by atoms with Gasteiger partial charge in [0.05, 0.1) is 16.9 Å². The van der Waals surface area contributed by atoms with E-state index in [-0.39, 0.29) is 11.8 Å². The minimum absolute atomic E-state index is 0.0938. The molecule has 2 fully saturated rings. The number of hydrogen-bond acceptors (Lipinski definition) is 4. The van der Waals surface area contributed by atoms with E-state index in [0.717, 1.165) is 22.9 Å². The van der Waals surface area contributed by atoms with Gasteiger partial charge < -0.3 is 14.9 Å². The topological polar surface area (TPSA) is 77.9 Å². The molecule has 2 aromatic rings. The molecular formula is C21H22Cl2N2O4S. The summed E-state index contributed by atoms with van der Waals surface area (Å²) in [6.45, 7) is 1.62. The summed E-state index contributed by atoms with van der Waals surface area (Å²) in [6, 6.07) is 5.35. The molecule has 9 heteroatoms. The molecule has 2 amide bonds. The van der Waals surface area contributed by atoms with Gasteiger partial charge >= 0.3 is 5.97 Å². The molecule has 2 atom stereocenters. The summed E-state index contributed by atoms with van der Waals surface area (Å²) in [5.74, 6) is -2.19. The Labute approximate surface area is 188 Å². The predicted molar refractivity (Wildman–Crippen MR) is 117 cm³/mol. The lowest BCUT2D eigenvalue weighted by Crippen LogP contribution is -2.53. The maximum Gasteiger partial charge on any atom is 0.307 e. The first kappa shape index (κ1) is 21.4. The molecule has 160 valence electrons. The molecule has 4 rings (SSSR count). The second-order valence-electron chi connectivity index (χ2n) is 7.84. The third kappa shape index (κ3) is 4.03. The van der Waals surface area contributed by atoms with Crippen molar-refractivity contribution in [3.63, 3.8) is 0 Å². The van der Waals surface area contributed by atoms with Crippen molar-refractivity contribution in [1.29, 1.82) is 0 Å². The van der Waals surface area contributed by atoms with E-state index < -0.39 is 17.8 Å². The summed E-state index contributed by atoms with van der Waals surface area (Å²) in [4.78, 5) is 41.4. The molecule has 2 aliphatic rings. The van der Waals surface area contributed by atoms with Crippen LogP contribution in [-0.2, 0) is 9.59 Å². The number of carboxylic acid groups (broad SMARTS) is 1. The van der Waals surface area contributed by atoms with E-state index in [1.807, 2.05) is 6.07 Å². The Morgan fingerprint density at radius 2 is 1.60 bits per heavy atom. The zero-order valence-corrected chi connectivity index (χ0v) is 18.6. The second kappa shape index (κ2) is 8.73. The van der Waals surface area contributed by atoms with E-state index in [1.165, 1.54) is 11.3 Å². The van der Waals surface area contributed by atoms with Crippen molar-refractivity contribution >= 4 is 62.4 Å². The summed E-state index contributed by atoms with van der Waals surface area (Å²) in [5, 5.41) is 11.3. The monoisotopic (exact) mass is 468 g/mol. The number of rotatable bonds is 3. The number of piperazine rings is 1.